The van der Waals surface area contributed by atoms with E-state index in [2.05, 4.69) is 5.32 Å². The van der Waals surface area contributed by atoms with Gasteiger partial charge in [0.1, 0.15) is 29.9 Å². The first-order valence-electron chi connectivity index (χ1n) is 16.3. The molecule has 0 aliphatic carbocycles. The van der Waals surface area contributed by atoms with Gasteiger partial charge in [-0.1, -0.05) is 96.7 Å². The highest BCUT2D eigenvalue weighted by Gasteiger charge is 2.51. The van der Waals surface area contributed by atoms with Crippen LogP contribution in [0, 0.1) is 0 Å². The van der Waals surface area contributed by atoms with Gasteiger partial charge in [-0.25, -0.2) is 19.2 Å². The highest BCUT2D eigenvalue weighted by molar-refractivity contribution is 7.99. The number of ether oxygens (including phenoxy) is 5. The van der Waals surface area contributed by atoms with E-state index in [0.717, 1.165) is 4.90 Å². The summed E-state index contributed by atoms with van der Waals surface area (Å²) in [6.45, 7) is 4.57. The zero-order valence-electron chi connectivity index (χ0n) is 28.2. The molecule has 1 aliphatic rings. The van der Waals surface area contributed by atoms with Crippen molar-refractivity contribution in [2.45, 2.75) is 67.2 Å². The van der Waals surface area contributed by atoms with Gasteiger partial charge in [-0.3, -0.25) is 0 Å². The Kier molecular flexibility index (Phi) is 12.5. The molecule has 266 valence electrons. The number of amides is 1. The van der Waals surface area contributed by atoms with E-state index in [4.69, 9.17) is 23.7 Å². The molecule has 1 saturated heterocycles. The lowest BCUT2D eigenvalue weighted by Gasteiger charge is -2.43. The maximum Gasteiger partial charge on any atom is 0.408 e. The van der Waals surface area contributed by atoms with Gasteiger partial charge in [-0.2, -0.15) is 0 Å². The van der Waals surface area contributed by atoms with Crippen LogP contribution in [0.25, 0.3) is 0 Å². The molecular formula is C39H39NO10S. The van der Waals surface area contributed by atoms with Gasteiger partial charge in [0.05, 0.1) is 11.1 Å². The van der Waals surface area contributed by atoms with Crippen LogP contribution in [0.4, 0.5) is 4.79 Å². The number of thioether (sulfide) groups is 1. The predicted octanol–water partition coefficient (Wildman–Crippen LogP) is 6.12. The summed E-state index contributed by atoms with van der Waals surface area (Å²) in [5.41, 5.74) is -0.986. The van der Waals surface area contributed by atoms with Gasteiger partial charge in [0.25, 0.3) is 0 Å². The molecule has 0 aromatic heterocycles. The van der Waals surface area contributed by atoms with E-state index in [-0.39, 0.29) is 11.1 Å². The predicted molar refractivity (Wildman–Crippen MR) is 188 cm³/mol. The van der Waals surface area contributed by atoms with Gasteiger partial charge in [0, 0.05) is 4.90 Å². The zero-order chi connectivity index (χ0) is 36.4. The average Bonchev–Trinajstić information content (AvgIpc) is 3.13. The van der Waals surface area contributed by atoms with Crippen molar-refractivity contribution in [3.05, 3.63) is 138 Å². The van der Waals surface area contributed by atoms with Crippen LogP contribution < -0.4 is 5.32 Å². The molecule has 0 bridgehead atoms. The summed E-state index contributed by atoms with van der Waals surface area (Å²) in [6, 6.07) is 32.7. The van der Waals surface area contributed by atoms with Crippen molar-refractivity contribution in [2.24, 2.45) is 0 Å². The Morgan fingerprint density at radius 3 is 1.76 bits per heavy atom. The van der Waals surface area contributed by atoms with Crippen molar-refractivity contribution in [1.29, 1.82) is 0 Å². The number of rotatable bonds is 11. The number of carbonyl (C=O) groups excluding carboxylic acids is 4. The van der Waals surface area contributed by atoms with Crippen LogP contribution in [0.3, 0.4) is 0 Å². The average molecular weight is 714 g/mol. The van der Waals surface area contributed by atoms with Crippen LogP contribution in [0.2, 0.25) is 0 Å². The fourth-order valence-corrected chi connectivity index (χ4v) is 6.27. The summed E-state index contributed by atoms with van der Waals surface area (Å²) in [7, 11) is 0. The summed E-state index contributed by atoms with van der Waals surface area (Å²) in [5, 5.41) is 14.3. The topological polar surface area (TPSA) is 147 Å². The lowest BCUT2D eigenvalue weighted by atomic mass is 9.99. The number of carbonyl (C=O) groups is 4. The van der Waals surface area contributed by atoms with Crippen molar-refractivity contribution >= 4 is 35.8 Å². The molecule has 11 nitrogen and oxygen atoms in total. The molecule has 0 saturated carbocycles. The van der Waals surface area contributed by atoms with E-state index >= 15 is 0 Å². The first kappa shape index (κ1) is 37.1. The summed E-state index contributed by atoms with van der Waals surface area (Å²) < 4.78 is 29.2. The molecule has 12 heteroatoms. The van der Waals surface area contributed by atoms with E-state index in [0.29, 0.717) is 5.56 Å². The Morgan fingerprint density at radius 2 is 1.24 bits per heavy atom. The molecule has 1 fully saturated rings. The van der Waals surface area contributed by atoms with Crippen molar-refractivity contribution in [2.75, 3.05) is 6.61 Å². The van der Waals surface area contributed by atoms with E-state index in [1.54, 1.807) is 112 Å². The van der Waals surface area contributed by atoms with Crippen LogP contribution in [0.15, 0.2) is 126 Å². The number of aliphatic hydroxyl groups is 1. The molecule has 5 rings (SSSR count). The standard InChI is InChI=1S/C39H39NO10S/c1-39(2,3)50-38(45)40-30(25-16-8-4-9-17-25)36(44)46-24-29-31(41)32(48-34(42)26-18-10-5-11-19-26)33(49-35(43)27-20-12-6-13-21-27)37(47-29)51-28-22-14-7-15-23-28/h4-23,29-33,37,41H,24H2,1-3H3,(H,40,45)/t29-,30+,31+,32+,33-,37+/m1/s1. The summed E-state index contributed by atoms with van der Waals surface area (Å²) >= 11 is 1.18. The Labute approximate surface area is 300 Å². The number of aliphatic hydroxyl groups excluding tert-OH is 1. The normalized spacial score (nSPS) is 20.7. The third kappa shape index (κ3) is 10.4. The molecule has 1 amide bonds. The molecule has 0 spiro atoms. The molecule has 1 heterocycles. The Morgan fingerprint density at radius 1 is 0.745 bits per heavy atom. The van der Waals surface area contributed by atoms with Gasteiger partial charge in [-0.05, 0) is 62.7 Å². The van der Waals surface area contributed by atoms with Gasteiger partial charge in [0.15, 0.2) is 18.2 Å². The highest BCUT2D eigenvalue weighted by Crippen LogP contribution is 2.37. The van der Waals surface area contributed by atoms with Crippen molar-refractivity contribution < 1.29 is 48.0 Å². The Bertz CT molecular complexity index is 1750. The number of benzene rings is 4. The Balaban J connectivity index is 1.43. The van der Waals surface area contributed by atoms with Gasteiger partial charge in [0.2, 0.25) is 0 Å². The quantitative estimate of drug-likeness (QED) is 0.137. The maximum absolute atomic E-state index is 13.6. The lowest BCUT2D eigenvalue weighted by Crippen LogP contribution is -2.60. The third-order valence-electron chi connectivity index (χ3n) is 7.54. The van der Waals surface area contributed by atoms with E-state index in [1.165, 1.54) is 11.8 Å². The minimum atomic E-state index is -1.62. The molecular weight excluding hydrogens is 674 g/mol. The zero-order valence-corrected chi connectivity index (χ0v) is 29.1. The maximum atomic E-state index is 13.6. The first-order chi connectivity index (χ1) is 24.5. The third-order valence-corrected chi connectivity index (χ3v) is 8.69. The van der Waals surface area contributed by atoms with Crippen molar-refractivity contribution in [3.63, 3.8) is 0 Å². The van der Waals surface area contributed by atoms with Crippen LogP contribution in [-0.4, -0.2) is 71.2 Å². The van der Waals surface area contributed by atoms with E-state index in [9.17, 15) is 24.3 Å². The van der Waals surface area contributed by atoms with E-state index < -0.39 is 72.1 Å². The Hall–Kier alpha value is -5.17. The molecule has 4 aromatic rings. The first-order valence-corrected chi connectivity index (χ1v) is 17.1. The number of hydrogen-bond acceptors (Lipinski definition) is 11. The molecule has 2 N–H and O–H groups in total. The fraction of sp³-hybridized carbons (Fsp3) is 0.282. The number of alkyl carbamates (subject to hydrolysis) is 1. The molecule has 0 unspecified atom stereocenters. The molecule has 1 aliphatic heterocycles. The molecule has 4 aromatic carbocycles. The minimum Gasteiger partial charge on any atom is -0.461 e. The van der Waals surface area contributed by atoms with Crippen LogP contribution in [-0.2, 0) is 28.5 Å². The monoisotopic (exact) mass is 713 g/mol. The molecule has 6 atom stereocenters. The van der Waals surface area contributed by atoms with Crippen molar-refractivity contribution in [1.82, 2.24) is 5.32 Å². The second-order valence-electron chi connectivity index (χ2n) is 12.6. The SMILES string of the molecule is CC(C)(C)OC(=O)N[C@H](C(=O)OC[C@H]1O[C@@H](Sc2ccccc2)[C@H](OC(=O)c2ccccc2)[C@@H](OC(=O)c2ccccc2)[C@H]1O)c1ccccc1. The summed E-state index contributed by atoms with van der Waals surface area (Å²) in [6.07, 6.45) is -6.47. The number of hydrogen-bond donors (Lipinski definition) is 2. The smallest absolute Gasteiger partial charge is 0.408 e. The van der Waals surface area contributed by atoms with Crippen LogP contribution in [0.5, 0.6) is 0 Å². The highest BCUT2D eigenvalue weighted by atomic mass is 32.2. The fourth-order valence-electron chi connectivity index (χ4n) is 5.14. The van der Waals surface area contributed by atoms with E-state index in [1.807, 2.05) is 30.3 Å². The lowest BCUT2D eigenvalue weighted by molar-refractivity contribution is -0.211. The van der Waals surface area contributed by atoms with Gasteiger partial charge < -0.3 is 34.1 Å². The summed E-state index contributed by atoms with van der Waals surface area (Å²) in [5.74, 6) is -2.35. The molecule has 0 radical (unpaired) electrons. The van der Waals surface area contributed by atoms with Crippen LogP contribution >= 0.6 is 11.8 Å². The number of nitrogens with one attached hydrogen (secondary N) is 1. The van der Waals surface area contributed by atoms with Crippen LogP contribution in [0.1, 0.15) is 53.1 Å². The largest absolute Gasteiger partial charge is 0.461 e. The van der Waals surface area contributed by atoms with Gasteiger partial charge >= 0.3 is 24.0 Å². The number of esters is 3. The second kappa shape index (κ2) is 17.2. The molecule has 51 heavy (non-hydrogen) atoms. The minimum absolute atomic E-state index is 0.207. The van der Waals surface area contributed by atoms with Crippen molar-refractivity contribution in [3.8, 4) is 0 Å². The van der Waals surface area contributed by atoms with Gasteiger partial charge in [-0.15, -0.1) is 0 Å². The summed E-state index contributed by atoms with van der Waals surface area (Å²) in [4.78, 5) is 53.8. The second-order valence-corrected chi connectivity index (χ2v) is 13.7.